The van der Waals surface area contributed by atoms with Gasteiger partial charge in [-0.2, -0.15) is 0 Å². The van der Waals surface area contributed by atoms with Gasteiger partial charge in [0.2, 0.25) is 13.4 Å². The Morgan fingerprint density at radius 2 is 0.889 bits per heavy atom. The molecule has 170 valence electrons. The molecule has 0 aromatic heterocycles. The van der Waals surface area contributed by atoms with Crippen LogP contribution in [-0.4, -0.2) is 13.4 Å². The molecule has 7 rings (SSSR count). The second-order valence-electron chi connectivity index (χ2n) is 10.4. The van der Waals surface area contributed by atoms with Gasteiger partial charge in [0.05, 0.1) is 0 Å². The maximum atomic E-state index is 2.56. The Bertz CT molecular complexity index is 1510. The van der Waals surface area contributed by atoms with Crippen molar-refractivity contribution in [2.24, 2.45) is 0 Å². The molecule has 0 amide bonds. The molecule has 0 N–H and O–H groups in total. The first-order valence-corrected chi connectivity index (χ1v) is 12.9. The van der Waals surface area contributed by atoms with E-state index in [0.717, 1.165) is 0 Å². The standard InChI is InChI=1S/C33H27B2N/c1-22-14-16-27-31(20-22)36-32-21-23(2)15-17-28(32)35(26-12-8-5-9-13-26)30-19-24(3)18-29(33(30)36)34(27)25-10-6-4-7-11-25/h4-21H,1-3H3. The van der Waals surface area contributed by atoms with E-state index >= 15 is 0 Å². The SMILES string of the molecule is Cc1cc2c3c(c1)B(c1ccccc1)c1ccc(C)cc1N3c1cc(C)ccc1B2c1ccccc1. The number of rotatable bonds is 2. The van der Waals surface area contributed by atoms with Gasteiger partial charge in [-0.25, -0.2) is 0 Å². The minimum Gasteiger partial charge on any atom is -0.313 e. The molecule has 5 aromatic rings. The molecule has 0 saturated carbocycles. The summed E-state index contributed by atoms with van der Waals surface area (Å²) in [6.07, 6.45) is 0. The highest BCUT2D eigenvalue weighted by molar-refractivity contribution is 7.02. The first kappa shape index (κ1) is 21.3. The van der Waals surface area contributed by atoms with E-state index in [1.165, 1.54) is 66.5 Å². The van der Waals surface area contributed by atoms with Crippen LogP contribution in [0.5, 0.6) is 0 Å². The number of benzene rings is 5. The fraction of sp³-hybridized carbons (Fsp3) is 0.0909. The highest BCUT2D eigenvalue weighted by Gasteiger charge is 2.43. The Morgan fingerprint density at radius 3 is 1.33 bits per heavy atom. The summed E-state index contributed by atoms with van der Waals surface area (Å²) in [5.74, 6) is 0. The largest absolute Gasteiger partial charge is 0.313 e. The smallest absolute Gasteiger partial charge is 0.246 e. The van der Waals surface area contributed by atoms with E-state index in [9.17, 15) is 0 Å². The lowest BCUT2D eigenvalue weighted by molar-refractivity contribution is 1.27. The monoisotopic (exact) mass is 459 g/mol. The van der Waals surface area contributed by atoms with E-state index in [4.69, 9.17) is 0 Å². The van der Waals surface area contributed by atoms with Crippen LogP contribution < -0.4 is 37.7 Å². The molecule has 36 heavy (non-hydrogen) atoms. The normalized spacial score (nSPS) is 13.2. The van der Waals surface area contributed by atoms with Gasteiger partial charge in [-0.1, -0.05) is 114 Å². The predicted molar refractivity (Wildman–Crippen MR) is 158 cm³/mol. The number of aryl methyl sites for hydroxylation is 3. The van der Waals surface area contributed by atoms with Crippen LogP contribution in [0.2, 0.25) is 0 Å². The van der Waals surface area contributed by atoms with Gasteiger partial charge in [0, 0.05) is 17.1 Å². The molecule has 0 atom stereocenters. The highest BCUT2D eigenvalue weighted by Crippen LogP contribution is 2.38. The summed E-state index contributed by atoms with van der Waals surface area (Å²) in [4.78, 5) is 2.56. The zero-order valence-corrected chi connectivity index (χ0v) is 21.0. The molecule has 2 aliphatic heterocycles. The van der Waals surface area contributed by atoms with Crippen molar-refractivity contribution in [3.8, 4) is 0 Å². The Hall–Kier alpha value is -3.97. The number of hydrogen-bond acceptors (Lipinski definition) is 1. The van der Waals surface area contributed by atoms with E-state index in [-0.39, 0.29) is 13.4 Å². The quantitative estimate of drug-likeness (QED) is 0.357. The fourth-order valence-corrected chi connectivity index (χ4v) is 6.43. The summed E-state index contributed by atoms with van der Waals surface area (Å²) in [6.45, 7) is 7.07. The van der Waals surface area contributed by atoms with E-state index in [1.807, 2.05) is 0 Å². The zero-order chi connectivity index (χ0) is 24.4. The van der Waals surface area contributed by atoms with Crippen molar-refractivity contribution in [3.63, 3.8) is 0 Å². The summed E-state index contributed by atoms with van der Waals surface area (Å²) < 4.78 is 0. The molecule has 0 unspecified atom stereocenters. The molecule has 0 bridgehead atoms. The molecule has 0 aliphatic carbocycles. The molecule has 0 spiro atoms. The van der Waals surface area contributed by atoms with Crippen molar-refractivity contribution in [2.45, 2.75) is 20.8 Å². The van der Waals surface area contributed by atoms with Crippen LogP contribution in [0.25, 0.3) is 0 Å². The Labute approximate surface area is 214 Å². The molecule has 1 nitrogen and oxygen atoms in total. The summed E-state index contributed by atoms with van der Waals surface area (Å²) in [5.41, 5.74) is 16.1. The van der Waals surface area contributed by atoms with Crippen molar-refractivity contribution >= 4 is 63.3 Å². The summed E-state index contributed by atoms with van der Waals surface area (Å²) in [6, 6.07) is 40.9. The van der Waals surface area contributed by atoms with Gasteiger partial charge in [-0.05, 0) is 65.9 Å². The van der Waals surface area contributed by atoms with Crippen LogP contribution in [-0.2, 0) is 0 Å². The van der Waals surface area contributed by atoms with Gasteiger partial charge in [-0.15, -0.1) is 0 Å². The molecule has 0 radical (unpaired) electrons. The first-order chi connectivity index (χ1) is 17.6. The minimum absolute atomic E-state index is 0.203. The third kappa shape index (κ3) is 3.12. The Balaban J connectivity index is 1.62. The topological polar surface area (TPSA) is 3.24 Å². The number of nitrogens with zero attached hydrogens (tertiary/aromatic N) is 1. The fourth-order valence-electron chi connectivity index (χ4n) is 6.43. The average Bonchev–Trinajstić information content (AvgIpc) is 2.89. The average molecular weight is 459 g/mol. The van der Waals surface area contributed by atoms with E-state index in [0.29, 0.717) is 0 Å². The maximum Gasteiger partial charge on any atom is 0.246 e. The summed E-state index contributed by atoms with van der Waals surface area (Å²) in [5, 5.41) is 0. The van der Waals surface area contributed by atoms with Crippen LogP contribution >= 0.6 is 0 Å². The number of hydrogen-bond donors (Lipinski definition) is 0. The number of anilines is 3. The van der Waals surface area contributed by atoms with E-state index in [2.05, 4.69) is 135 Å². The molecule has 0 saturated heterocycles. The van der Waals surface area contributed by atoms with Gasteiger partial charge in [-0.3, -0.25) is 0 Å². The van der Waals surface area contributed by atoms with Crippen molar-refractivity contribution in [1.82, 2.24) is 0 Å². The highest BCUT2D eigenvalue weighted by atomic mass is 15.2. The van der Waals surface area contributed by atoms with Crippen LogP contribution in [0.4, 0.5) is 17.1 Å². The van der Waals surface area contributed by atoms with E-state index in [1.54, 1.807) is 0 Å². The van der Waals surface area contributed by atoms with Crippen LogP contribution in [0.1, 0.15) is 16.7 Å². The second-order valence-corrected chi connectivity index (χ2v) is 10.4. The lowest BCUT2D eigenvalue weighted by atomic mass is 9.30. The van der Waals surface area contributed by atoms with Gasteiger partial charge in [0.15, 0.2) is 0 Å². The van der Waals surface area contributed by atoms with Crippen LogP contribution in [0, 0.1) is 20.8 Å². The van der Waals surface area contributed by atoms with Gasteiger partial charge in [0.25, 0.3) is 0 Å². The Morgan fingerprint density at radius 1 is 0.444 bits per heavy atom. The number of fused-ring (bicyclic) bond motifs is 4. The molecule has 0 fully saturated rings. The zero-order valence-electron chi connectivity index (χ0n) is 21.0. The van der Waals surface area contributed by atoms with Gasteiger partial charge < -0.3 is 4.90 Å². The third-order valence-electron chi connectivity index (χ3n) is 7.90. The van der Waals surface area contributed by atoms with Crippen LogP contribution in [0.3, 0.4) is 0 Å². The van der Waals surface area contributed by atoms with Crippen molar-refractivity contribution in [3.05, 3.63) is 126 Å². The third-order valence-corrected chi connectivity index (χ3v) is 7.90. The summed E-state index contributed by atoms with van der Waals surface area (Å²) >= 11 is 0. The Kier molecular flexibility index (Phi) is 4.76. The lowest BCUT2D eigenvalue weighted by Crippen LogP contribution is -2.65. The molecule has 2 aliphatic rings. The summed E-state index contributed by atoms with van der Waals surface area (Å²) in [7, 11) is 0. The lowest BCUT2D eigenvalue weighted by Gasteiger charge is -2.44. The molecule has 5 aromatic carbocycles. The maximum absolute atomic E-state index is 2.56. The minimum atomic E-state index is 0.203. The van der Waals surface area contributed by atoms with Crippen molar-refractivity contribution in [1.29, 1.82) is 0 Å². The molecule has 3 heteroatoms. The molecule has 2 heterocycles. The first-order valence-electron chi connectivity index (χ1n) is 12.9. The predicted octanol–water partition coefficient (Wildman–Crippen LogP) is 3.74. The van der Waals surface area contributed by atoms with E-state index < -0.39 is 0 Å². The van der Waals surface area contributed by atoms with Gasteiger partial charge in [0.1, 0.15) is 0 Å². The second kappa shape index (κ2) is 8.03. The molecular formula is C33H27B2N. The van der Waals surface area contributed by atoms with Gasteiger partial charge >= 0.3 is 0 Å². The van der Waals surface area contributed by atoms with Crippen molar-refractivity contribution < 1.29 is 0 Å². The van der Waals surface area contributed by atoms with Crippen molar-refractivity contribution in [2.75, 3.05) is 4.90 Å². The molecular weight excluding hydrogens is 432 g/mol. The van der Waals surface area contributed by atoms with Crippen LogP contribution in [0.15, 0.2) is 109 Å².